The first kappa shape index (κ1) is 8.37. The van der Waals surface area contributed by atoms with Crippen molar-refractivity contribution in [3.63, 3.8) is 0 Å². The number of aliphatic hydroxyl groups is 1. The molecule has 1 atom stereocenters. The molecule has 0 amide bonds. The van der Waals surface area contributed by atoms with E-state index in [0.29, 0.717) is 5.03 Å². The Hall–Kier alpha value is -0.730. The highest BCUT2D eigenvalue weighted by atomic mass is 35.5. The Kier molecular flexibility index (Phi) is 2.74. The van der Waals surface area contributed by atoms with Crippen LogP contribution in [0.5, 0.6) is 0 Å². The highest BCUT2D eigenvalue weighted by molar-refractivity contribution is 6.31. The van der Waals surface area contributed by atoms with Gasteiger partial charge in [-0.25, -0.2) is 0 Å². The predicted molar refractivity (Wildman–Crippen MR) is 44.6 cm³/mol. The molecule has 1 unspecified atom stereocenters. The minimum absolute atomic E-state index is 0.0548. The molecule has 11 heavy (non-hydrogen) atoms. The number of aliphatic hydroxyl groups excluding tert-OH is 1. The van der Waals surface area contributed by atoms with Crippen molar-refractivity contribution in [2.24, 2.45) is 0 Å². The van der Waals surface area contributed by atoms with Crippen molar-refractivity contribution >= 4 is 11.6 Å². The third-order valence-corrected chi connectivity index (χ3v) is 1.73. The normalized spacial score (nSPS) is 24.0. The first-order valence-corrected chi connectivity index (χ1v) is 3.60. The van der Waals surface area contributed by atoms with Crippen molar-refractivity contribution < 1.29 is 9.84 Å². The fourth-order valence-electron chi connectivity index (χ4n) is 0.808. The second kappa shape index (κ2) is 3.60. The van der Waals surface area contributed by atoms with E-state index in [1.807, 2.05) is 0 Å². The van der Waals surface area contributed by atoms with E-state index in [4.69, 9.17) is 16.3 Å². The van der Waals surface area contributed by atoms with E-state index >= 15 is 0 Å². The number of halogens is 1. The van der Waals surface area contributed by atoms with Gasteiger partial charge in [-0.3, -0.25) is 0 Å². The van der Waals surface area contributed by atoms with Crippen molar-refractivity contribution in [1.29, 1.82) is 0 Å². The van der Waals surface area contributed by atoms with Crippen molar-refractivity contribution in [3.05, 3.63) is 35.1 Å². The Labute approximate surface area is 70.4 Å². The van der Waals surface area contributed by atoms with Gasteiger partial charge in [-0.15, -0.1) is 0 Å². The SMILES string of the molecule is COC1C=CC=CC(Cl)=C1O. The molecular formula is C8H9ClO2. The molecule has 60 valence electrons. The van der Waals surface area contributed by atoms with Crippen LogP contribution in [0.15, 0.2) is 35.1 Å². The van der Waals surface area contributed by atoms with E-state index in [9.17, 15) is 5.11 Å². The average Bonchev–Trinajstić information content (AvgIpc) is 2.16. The van der Waals surface area contributed by atoms with Crippen molar-refractivity contribution in [1.82, 2.24) is 0 Å². The van der Waals surface area contributed by atoms with Gasteiger partial charge in [-0.05, 0) is 12.2 Å². The van der Waals surface area contributed by atoms with Crippen LogP contribution in [0.4, 0.5) is 0 Å². The molecule has 0 saturated carbocycles. The third kappa shape index (κ3) is 1.85. The zero-order valence-corrected chi connectivity index (χ0v) is 6.88. The molecule has 0 fully saturated rings. The molecule has 2 nitrogen and oxygen atoms in total. The Morgan fingerprint density at radius 3 is 2.91 bits per heavy atom. The van der Waals surface area contributed by atoms with Crippen LogP contribution in [-0.4, -0.2) is 18.3 Å². The fraction of sp³-hybridized carbons (Fsp3) is 0.250. The first-order chi connectivity index (χ1) is 5.25. The maximum absolute atomic E-state index is 9.34. The van der Waals surface area contributed by atoms with Crippen LogP contribution in [0.1, 0.15) is 0 Å². The average molecular weight is 173 g/mol. The lowest BCUT2D eigenvalue weighted by Crippen LogP contribution is -2.10. The van der Waals surface area contributed by atoms with E-state index in [1.54, 1.807) is 24.3 Å². The van der Waals surface area contributed by atoms with Crippen LogP contribution in [0.2, 0.25) is 0 Å². The summed E-state index contributed by atoms with van der Waals surface area (Å²) < 4.78 is 4.93. The van der Waals surface area contributed by atoms with Gasteiger partial charge in [0.25, 0.3) is 0 Å². The van der Waals surface area contributed by atoms with Gasteiger partial charge in [0.1, 0.15) is 11.9 Å². The molecule has 3 heteroatoms. The van der Waals surface area contributed by atoms with Crippen LogP contribution in [0.25, 0.3) is 0 Å². The molecule has 1 rings (SSSR count). The Bertz CT molecular complexity index is 228. The molecule has 1 aliphatic rings. The Balaban J connectivity index is 2.92. The lowest BCUT2D eigenvalue weighted by atomic mass is 10.3. The largest absolute Gasteiger partial charge is 0.508 e. The fourth-order valence-corrected chi connectivity index (χ4v) is 0.988. The molecule has 0 spiro atoms. The number of hydrogen-bond donors (Lipinski definition) is 1. The van der Waals surface area contributed by atoms with Crippen LogP contribution >= 0.6 is 11.6 Å². The van der Waals surface area contributed by atoms with Gasteiger partial charge in [0.15, 0.2) is 0 Å². The smallest absolute Gasteiger partial charge is 0.143 e. The van der Waals surface area contributed by atoms with Crippen LogP contribution < -0.4 is 0 Å². The summed E-state index contributed by atoms with van der Waals surface area (Å²) in [7, 11) is 1.51. The van der Waals surface area contributed by atoms with E-state index < -0.39 is 6.10 Å². The zero-order chi connectivity index (χ0) is 8.27. The van der Waals surface area contributed by atoms with Gasteiger partial charge >= 0.3 is 0 Å². The maximum Gasteiger partial charge on any atom is 0.143 e. The van der Waals surface area contributed by atoms with Gasteiger partial charge < -0.3 is 9.84 Å². The molecule has 0 aliphatic heterocycles. The Morgan fingerprint density at radius 2 is 2.27 bits per heavy atom. The van der Waals surface area contributed by atoms with Gasteiger partial charge in [0.05, 0.1) is 5.03 Å². The molecule has 0 bridgehead atoms. The standard InChI is InChI=1S/C8H9ClO2/c1-11-7-5-3-2-4-6(9)8(7)10/h2-5,7,10H,1H3. The topological polar surface area (TPSA) is 29.5 Å². The second-order valence-corrected chi connectivity index (χ2v) is 2.54. The van der Waals surface area contributed by atoms with Crippen LogP contribution in [0.3, 0.4) is 0 Å². The van der Waals surface area contributed by atoms with E-state index in [0.717, 1.165) is 0 Å². The highest BCUT2D eigenvalue weighted by Crippen LogP contribution is 2.17. The molecular weight excluding hydrogens is 164 g/mol. The summed E-state index contributed by atoms with van der Waals surface area (Å²) in [5.41, 5.74) is 0. The molecule has 0 saturated heterocycles. The lowest BCUT2D eigenvalue weighted by Gasteiger charge is -2.08. The summed E-state index contributed by atoms with van der Waals surface area (Å²) in [6.07, 6.45) is 6.45. The van der Waals surface area contributed by atoms with Gasteiger partial charge in [-0.1, -0.05) is 23.8 Å². The molecule has 0 aromatic heterocycles. The van der Waals surface area contributed by atoms with Crippen molar-refractivity contribution in [2.75, 3.05) is 7.11 Å². The quantitative estimate of drug-likeness (QED) is 0.657. The Morgan fingerprint density at radius 1 is 1.55 bits per heavy atom. The number of ether oxygens (including phenoxy) is 1. The summed E-state index contributed by atoms with van der Waals surface area (Å²) in [5.74, 6) is 0.0548. The summed E-state index contributed by atoms with van der Waals surface area (Å²) in [4.78, 5) is 0. The molecule has 0 aromatic carbocycles. The molecule has 0 aromatic rings. The van der Waals surface area contributed by atoms with E-state index in [2.05, 4.69) is 0 Å². The second-order valence-electron chi connectivity index (χ2n) is 2.13. The number of allylic oxidation sites excluding steroid dienone is 4. The minimum Gasteiger partial charge on any atom is -0.508 e. The molecule has 0 radical (unpaired) electrons. The molecule has 0 heterocycles. The minimum atomic E-state index is -0.419. The van der Waals surface area contributed by atoms with E-state index in [1.165, 1.54) is 7.11 Å². The van der Waals surface area contributed by atoms with Crippen LogP contribution in [-0.2, 0) is 4.74 Å². The van der Waals surface area contributed by atoms with Gasteiger partial charge in [-0.2, -0.15) is 0 Å². The van der Waals surface area contributed by atoms with E-state index in [-0.39, 0.29) is 5.76 Å². The van der Waals surface area contributed by atoms with Crippen molar-refractivity contribution in [2.45, 2.75) is 6.10 Å². The maximum atomic E-state index is 9.34. The summed E-state index contributed by atoms with van der Waals surface area (Å²) >= 11 is 5.67. The number of methoxy groups -OCH3 is 1. The van der Waals surface area contributed by atoms with Gasteiger partial charge in [0.2, 0.25) is 0 Å². The summed E-state index contributed by atoms with van der Waals surface area (Å²) in [6, 6.07) is 0. The lowest BCUT2D eigenvalue weighted by molar-refractivity contribution is 0.128. The third-order valence-electron chi connectivity index (χ3n) is 1.41. The highest BCUT2D eigenvalue weighted by Gasteiger charge is 2.12. The number of rotatable bonds is 1. The number of hydrogen-bond acceptors (Lipinski definition) is 2. The van der Waals surface area contributed by atoms with Gasteiger partial charge in [0, 0.05) is 7.11 Å². The zero-order valence-electron chi connectivity index (χ0n) is 6.12. The summed E-state index contributed by atoms with van der Waals surface area (Å²) in [6.45, 7) is 0. The van der Waals surface area contributed by atoms with Crippen molar-refractivity contribution in [3.8, 4) is 0 Å². The first-order valence-electron chi connectivity index (χ1n) is 3.22. The molecule has 1 N–H and O–H groups in total. The predicted octanol–water partition coefficient (Wildman–Crippen LogP) is 2.14. The molecule has 1 aliphatic carbocycles. The van der Waals surface area contributed by atoms with Crippen LogP contribution in [0, 0.1) is 0 Å². The summed E-state index contributed by atoms with van der Waals surface area (Å²) in [5, 5.41) is 9.66. The monoisotopic (exact) mass is 172 g/mol.